The number of nitrogens with one attached hydrogen (secondary N) is 1. The Morgan fingerprint density at radius 1 is 1.44 bits per heavy atom. The molecule has 4 heteroatoms. The molecule has 106 valence electrons. The average molecular weight is 256 g/mol. The maximum atomic E-state index is 10.9. The van der Waals surface area contributed by atoms with E-state index in [1.807, 2.05) is 0 Å². The number of aliphatic carboxylic acids is 1. The van der Waals surface area contributed by atoms with Crippen LogP contribution in [-0.2, 0) is 4.79 Å². The van der Waals surface area contributed by atoms with Crippen LogP contribution in [0.4, 0.5) is 0 Å². The number of carboxylic acids is 1. The lowest BCUT2D eigenvalue weighted by molar-refractivity contribution is -0.147. The Kier molecular flexibility index (Phi) is 6.09. The minimum Gasteiger partial charge on any atom is -0.481 e. The smallest absolute Gasteiger partial charge is 0.309 e. The Morgan fingerprint density at radius 3 is 2.78 bits per heavy atom. The molecule has 0 spiro atoms. The first-order valence-corrected chi connectivity index (χ1v) is 7.04. The summed E-state index contributed by atoms with van der Waals surface area (Å²) in [6.45, 7) is 7.81. The molecule has 0 aliphatic carbocycles. The first-order chi connectivity index (χ1) is 8.42. The van der Waals surface area contributed by atoms with E-state index in [0.717, 1.165) is 19.0 Å². The van der Waals surface area contributed by atoms with Gasteiger partial charge in [0, 0.05) is 6.54 Å². The highest BCUT2D eigenvalue weighted by Gasteiger charge is 2.26. The summed E-state index contributed by atoms with van der Waals surface area (Å²) in [4.78, 5) is 13.3. The van der Waals surface area contributed by atoms with Crippen molar-refractivity contribution in [2.45, 2.75) is 39.5 Å². The molecule has 0 saturated carbocycles. The number of piperidine rings is 1. The van der Waals surface area contributed by atoms with Crippen molar-refractivity contribution in [2.75, 3.05) is 33.2 Å². The van der Waals surface area contributed by atoms with Gasteiger partial charge in [0.1, 0.15) is 0 Å². The molecule has 0 radical (unpaired) electrons. The normalized spacial score (nSPS) is 22.1. The monoisotopic (exact) mass is 256 g/mol. The third-order valence-corrected chi connectivity index (χ3v) is 3.96. The second-order valence-electron chi connectivity index (χ2n) is 6.25. The summed E-state index contributed by atoms with van der Waals surface area (Å²) in [7, 11) is 2.19. The molecule has 0 amide bonds. The van der Waals surface area contributed by atoms with Gasteiger partial charge in [-0.25, -0.2) is 0 Å². The van der Waals surface area contributed by atoms with E-state index >= 15 is 0 Å². The molecule has 4 nitrogen and oxygen atoms in total. The first-order valence-electron chi connectivity index (χ1n) is 7.04. The molecule has 1 atom stereocenters. The molecule has 0 aromatic carbocycles. The molecule has 1 unspecified atom stereocenters. The van der Waals surface area contributed by atoms with Crippen LogP contribution in [0.5, 0.6) is 0 Å². The van der Waals surface area contributed by atoms with Crippen LogP contribution >= 0.6 is 0 Å². The number of rotatable bonds is 7. The Labute approximate surface area is 111 Å². The summed E-state index contributed by atoms with van der Waals surface area (Å²) in [5.74, 6) is 0.0990. The standard InChI is InChI=1S/C14H28N2O2/c1-14(2,13(17)18)7-9-15-8-6-12-5-4-10-16(3)11-12/h12,15H,4-11H2,1-3H3,(H,17,18). The van der Waals surface area contributed by atoms with Crippen LogP contribution in [0.1, 0.15) is 39.5 Å². The number of hydrogen-bond donors (Lipinski definition) is 2. The van der Waals surface area contributed by atoms with Gasteiger partial charge < -0.3 is 15.3 Å². The maximum absolute atomic E-state index is 10.9. The van der Waals surface area contributed by atoms with E-state index in [-0.39, 0.29) is 0 Å². The molecular formula is C14H28N2O2. The van der Waals surface area contributed by atoms with Gasteiger partial charge in [-0.15, -0.1) is 0 Å². The molecular weight excluding hydrogens is 228 g/mol. The number of hydrogen-bond acceptors (Lipinski definition) is 3. The summed E-state index contributed by atoms with van der Waals surface area (Å²) in [6.07, 6.45) is 4.55. The van der Waals surface area contributed by atoms with E-state index in [9.17, 15) is 4.79 Å². The molecule has 2 N–H and O–H groups in total. The fourth-order valence-corrected chi connectivity index (χ4v) is 2.45. The van der Waals surface area contributed by atoms with Crippen LogP contribution in [-0.4, -0.2) is 49.2 Å². The van der Waals surface area contributed by atoms with Gasteiger partial charge in [0.05, 0.1) is 5.41 Å². The third-order valence-electron chi connectivity index (χ3n) is 3.96. The number of likely N-dealkylation sites (tertiary alicyclic amines) is 1. The zero-order chi connectivity index (χ0) is 13.6. The predicted molar refractivity (Wildman–Crippen MR) is 73.7 cm³/mol. The van der Waals surface area contributed by atoms with Crippen molar-refractivity contribution < 1.29 is 9.90 Å². The molecule has 1 aliphatic heterocycles. The van der Waals surface area contributed by atoms with Crippen molar-refractivity contribution in [3.63, 3.8) is 0 Å². The summed E-state index contributed by atoms with van der Waals surface area (Å²) in [6, 6.07) is 0. The second-order valence-corrected chi connectivity index (χ2v) is 6.25. The van der Waals surface area contributed by atoms with Crippen LogP contribution in [0.25, 0.3) is 0 Å². The summed E-state index contributed by atoms with van der Waals surface area (Å²) in [5, 5.41) is 12.4. The fraction of sp³-hybridized carbons (Fsp3) is 0.929. The van der Waals surface area contributed by atoms with Gasteiger partial charge in [0.15, 0.2) is 0 Å². The minimum atomic E-state index is -0.710. The van der Waals surface area contributed by atoms with Gasteiger partial charge in [-0.1, -0.05) is 0 Å². The van der Waals surface area contributed by atoms with Crippen LogP contribution in [0.2, 0.25) is 0 Å². The van der Waals surface area contributed by atoms with E-state index < -0.39 is 11.4 Å². The lowest BCUT2D eigenvalue weighted by atomic mass is 9.89. The topological polar surface area (TPSA) is 52.6 Å². The third kappa shape index (κ3) is 5.36. The van der Waals surface area contributed by atoms with Gasteiger partial charge in [0.2, 0.25) is 0 Å². The quantitative estimate of drug-likeness (QED) is 0.682. The van der Waals surface area contributed by atoms with Crippen LogP contribution in [0, 0.1) is 11.3 Å². The van der Waals surface area contributed by atoms with Crippen LogP contribution in [0.3, 0.4) is 0 Å². The second kappa shape index (κ2) is 7.10. The Morgan fingerprint density at radius 2 is 2.17 bits per heavy atom. The zero-order valence-corrected chi connectivity index (χ0v) is 12.0. The van der Waals surface area contributed by atoms with Crippen molar-refractivity contribution in [1.29, 1.82) is 0 Å². The van der Waals surface area contributed by atoms with Crippen LogP contribution in [0.15, 0.2) is 0 Å². The highest BCUT2D eigenvalue weighted by Crippen LogP contribution is 2.20. The predicted octanol–water partition coefficient (Wildman–Crippen LogP) is 1.81. The van der Waals surface area contributed by atoms with E-state index in [4.69, 9.17) is 5.11 Å². The van der Waals surface area contributed by atoms with Gasteiger partial charge in [-0.05, 0) is 72.1 Å². The van der Waals surface area contributed by atoms with Gasteiger partial charge in [-0.2, -0.15) is 0 Å². The molecule has 1 rings (SSSR count). The van der Waals surface area contributed by atoms with Gasteiger partial charge in [-0.3, -0.25) is 4.79 Å². The summed E-state index contributed by atoms with van der Waals surface area (Å²) in [5.41, 5.74) is -0.613. The largest absolute Gasteiger partial charge is 0.481 e. The van der Waals surface area contributed by atoms with E-state index in [2.05, 4.69) is 17.3 Å². The van der Waals surface area contributed by atoms with E-state index in [1.54, 1.807) is 13.8 Å². The highest BCUT2D eigenvalue weighted by atomic mass is 16.4. The highest BCUT2D eigenvalue weighted by molar-refractivity contribution is 5.73. The average Bonchev–Trinajstić information content (AvgIpc) is 2.28. The van der Waals surface area contributed by atoms with Crippen molar-refractivity contribution in [2.24, 2.45) is 11.3 Å². The van der Waals surface area contributed by atoms with Crippen molar-refractivity contribution in [3.8, 4) is 0 Å². The summed E-state index contributed by atoms with van der Waals surface area (Å²) < 4.78 is 0. The molecule has 0 aromatic rings. The minimum absolute atomic E-state index is 0.613. The Hall–Kier alpha value is -0.610. The lowest BCUT2D eigenvalue weighted by Crippen LogP contribution is -2.34. The molecule has 18 heavy (non-hydrogen) atoms. The molecule has 1 saturated heterocycles. The molecule has 0 bridgehead atoms. The molecule has 1 aliphatic rings. The maximum Gasteiger partial charge on any atom is 0.309 e. The first kappa shape index (κ1) is 15.4. The van der Waals surface area contributed by atoms with Crippen molar-refractivity contribution in [1.82, 2.24) is 10.2 Å². The zero-order valence-electron chi connectivity index (χ0n) is 12.0. The van der Waals surface area contributed by atoms with Gasteiger partial charge >= 0.3 is 5.97 Å². The Balaban J connectivity index is 2.06. The molecule has 1 heterocycles. The summed E-state index contributed by atoms with van der Waals surface area (Å²) >= 11 is 0. The van der Waals surface area contributed by atoms with Crippen LogP contribution < -0.4 is 5.32 Å². The molecule has 0 aromatic heterocycles. The number of carboxylic acid groups (broad SMARTS) is 1. The van der Waals surface area contributed by atoms with Gasteiger partial charge in [0.25, 0.3) is 0 Å². The molecule has 1 fully saturated rings. The van der Waals surface area contributed by atoms with Crippen molar-refractivity contribution in [3.05, 3.63) is 0 Å². The fourth-order valence-electron chi connectivity index (χ4n) is 2.45. The Bertz CT molecular complexity index is 267. The van der Waals surface area contributed by atoms with E-state index in [1.165, 1.54) is 32.4 Å². The van der Waals surface area contributed by atoms with Crippen molar-refractivity contribution >= 4 is 5.97 Å². The number of nitrogens with zero attached hydrogens (tertiary/aromatic N) is 1. The number of carbonyl (C=O) groups is 1. The lowest BCUT2D eigenvalue weighted by Gasteiger charge is -2.29. The van der Waals surface area contributed by atoms with E-state index in [0.29, 0.717) is 6.42 Å². The SMILES string of the molecule is CN1CCCC(CCNCCC(C)(C)C(=O)O)C1.